The molecular weight excluding hydrogens is 713 g/mol. The number of nitrogens with one attached hydrogen (secondary N) is 2. The predicted octanol–water partition coefficient (Wildman–Crippen LogP) is 4.75. The maximum absolute atomic E-state index is 13.9. The number of hydrogen-bond donors (Lipinski definition) is 4. The number of alkyl halides is 5. The van der Waals surface area contributed by atoms with Gasteiger partial charge in [0.05, 0.1) is 30.3 Å². The molecule has 2 aliphatic rings. The van der Waals surface area contributed by atoms with Crippen molar-refractivity contribution < 1.29 is 46.2 Å². The average molecular weight is 758 g/mol. The summed E-state index contributed by atoms with van der Waals surface area (Å²) in [6.07, 6.45) is -4.14. The highest BCUT2D eigenvalue weighted by Gasteiger charge is 2.57. The zero-order valence-corrected chi connectivity index (χ0v) is 29.9. The lowest BCUT2D eigenvalue weighted by Crippen LogP contribution is -2.64. The van der Waals surface area contributed by atoms with E-state index in [-0.39, 0.29) is 32.5 Å². The molecule has 1 aliphatic heterocycles. The summed E-state index contributed by atoms with van der Waals surface area (Å²) in [5, 5.41) is 27.8. The van der Waals surface area contributed by atoms with Crippen LogP contribution in [0.3, 0.4) is 0 Å². The predicted molar refractivity (Wildman–Crippen MR) is 189 cm³/mol. The van der Waals surface area contributed by atoms with Crippen LogP contribution >= 0.6 is 0 Å². The quantitative estimate of drug-likeness (QED) is 0.144. The van der Waals surface area contributed by atoms with E-state index >= 15 is 0 Å². The summed E-state index contributed by atoms with van der Waals surface area (Å²) in [7, 11) is 0. The van der Waals surface area contributed by atoms with E-state index in [9.17, 15) is 41.8 Å². The molecule has 290 valence electrons. The molecule has 0 unspecified atom stereocenters. The van der Waals surface area contributed by atoms with Crippen molar-refractivity contribution in [3.8, 4) is 0 Å². The Kier molecular flexibility index (Phi) is 11.4. The first-order chi connectivity index (χ1) is 25.5. The van der Waals surface area contributed by atoms with Gasteiger partial charge in [-0.3, -0.25) is 24.4 Å². The number of carbonyl (C=O) groups excluding carboxylic acids is 2. The van der Waals surface area contributed by atoms with Crippen molar-refractivity contribution in [2.24, 2.45) is 5.92 Å². The van der Waals surface area contributed by atoms with Crippen LogP contribution in [0.25, 0.3) is 11.0 Å². The molecule has 0 saturated carbocycles. The normalized spacial score (nSPS) is 21.1. The van der Waals surface area contributed by atoms with Crippen LogP contribution in [-0.2, 0) is 28.0 Å². The van der Waals surface area contributed by atoms with Crippen LogP contribution in [0.2, 0.25) is 0 Å². The number of amides is 2. The van der Waals surface area contributed by atoms with Gasteiger partial charge in [0.2, 0.25) is 11.8 Å². The summed E-state index contributed by atoms with van der Waals surface area (Å²) >= 11 is 0. The number of aliphatic hydroxyl groups is 2. The lowest BCUT2D eigenvalue weighted by molar-refractivity contribution is -0.278. The second kappa shape index (κ2) is 15.7. The molecule has 0 bridgehead atoms. The van der Waals surface area contributed by atoms with E-state index < -0.39 is 66.2 Å². The minimum atomic E-state index is -5.86. The summed E-state index contributed by atoms with van der Waals surface area (Å²) in [6.45, 7) is 1.94. The molecule has 54 heavy (non-hydrogen) atoms. The minimum absolute atomic E-state index is 0.0651. The van der Waals surface area contributed by atoms with E-state index in [0.717, 1.165) is 22.1 Å². The van der Waals surface area contributed by atoms with E-state index in [1.807, 2.05) is 73.3 Å². The monoisotopic (exact) mass is 757 g/mol. The molecule has 2 amide bonds. The Hall–Kier alpha value is -4.44. The smallest absolute Gasteiger partial charge is 0.455 e. The fourth-order valence-corrected chi connectivity index (χ4v) is 7.43. The number of fused-ring (bicyclic) bond motifs is 2. The number of piperazine rings is 1. The number of β-amino-alcohol motifs (C(OH)–C–C–N with tert-alkyl or cyclic N) is 1. The zero-order valence-electron chi connectivity index (χ0n) is 29.9. The molecule has 2 aromatic heterocycles. The number of benzene rings is 2. The molecule has 1 fully saturated rings. The van der Waals surface area contributed by atoms with E-state index in [1.165, 1.54) is 0 Å². The number of nitrogens with zero attached hydrogens (tertiary/aromatic N) is 3. The first-order valence-electron chi connectivity index (χ1n) is 17.9. The Morgan fingerprint density at radius 2 is 1.74 bits per heavy atom. The number of aromatic nitrogens is 1. The molecule has 4 aromatic rings. The molecule has 0 radical (unpaired) electrons. The van der Waals surface area contributed by atoms with Crippen LogP contribution < -0.4 is 10.6 Å². The minimum Gasteiger partial charge on any atom is -0.459 e. The van der Waals surface area contributed by atoms with Crippen LogP contribution in [0.15, 0.2) is 83.5 Å². The van der Waals surface area contributed by atoms with Gasteiger partial charge in [-0.25, -0.2) is 0 Å². The largest absolute Gasteiger partial charge is 0.459 e. The second-order valence-corrected chi connectivity index (χ2v) is 14.7. The van der Waals surface area contributed by atoms with Crippen LogP contribution in [0.1, 0.15) is 48.8 Å². The molecule has 4 N–H and O–H groups in total. The number of carbonyl (C=O) groups is 2. The molecule has 5 atom stereocenters. The Morgan fingerprint density at radius 1 is 1.02 bits per heavy atom. The number of halogens is 5. The van der Waals surface area contributed by atoms with Crippen molar-refractivity contribution in [3.63, 3.8) is 0 Å². The Balaban J connectivity index is 1.20. The Labute approximate surface area is 309 Å². The lowest BCUT2D eigenvalue weighted by atomic mass is 9.91. The van der Waals surface area contributed by atoms with Crippen molar-refractivity contribution in [1.29, 1.82) is 0 Å². The molecule has 2 aromatic carbocycles. The second-order valence-electron chi connectivity index (χ2n) is 14.7. The SMILES string of the molecule is CC(C)(c1cc2cnccc2o1)N1CCN(C[C@@H](O)C[C@H](Cc2ccccc2)C(=O)N[C@H]2c3ccccc3C[C@H]2O)[C@H](C(=O)NCC(F)(F)C(F)(F)F)C1. The van der Waals surface area contributed by atoms with Gasteiger partial charge in [-0.1, -0.05) is 54.6 Å². The average Bonchev–Trinajstić information content (AvgIpc) is 3.71. The molecule has 10 nitrogen and oxygen atoms in total. The van der Waals surface area contributed by atoms with Crippen molar-refractivity contribution >= 4 is 22.8 Å². The Bertz CT molecular complexity index is 1890. The fraction of sp³-hybridized carbons (Fsp3) is 0.462. The first kappa shape index (κ1) is 39.3. The first-order valence-corrected chi connectivity index (χ1v) is 17.9. The van der Waals surface area contributed by atoms with Crippen LogP contribution in [0.4, 0.5) is 22.0 Å². The summed E-state index contributed by atoms with van der Waals surface area (Å²) in [4.78, 5) is 34.9. The van der Waals surface area contributed by atoms with Crippen LogP contribution in [0.5, 0.6) is 0 Å². The van der Waals surface area contributed by atoms with Gasteiger partial charge in [-0.15, -0.1) is 0 Å². The number of rotatable bonds is 13. The van der Waals surface area contributed by atoms with Gasteiger partial charge >= 0.3 is 12.1 Å². The molecule has 3 heterocycles. The molecular formula is C39H44F5N5O5. The van der Waals surface area contributed by atoms with Crippen LogP contribution in [-0.4, -0.2) is 99.9 Å². The molecule has 6 rings (SSSR count). The van der Waals surface area contributed by atoms with Gasteiger partial charge in [0.25, 0.3) is 0 Å². The molecule has 1 aliphatic carbocycles. The van der Waals surface area contributed by atoms with Crippen molar-refractivity contribution in [1.82, 2.24) is 25.4 Å². The third kappa shape index (κ3) is 8.59. The zero-order chi connectivity index (χ0) is 38.8. The lowest BCUT2D eigenvalue weighted by Gasteiger charge is -2.47. The highest BCUT2D eigenvalue weighted by molar-refractivity contribution is 5.82. The van der Waals surface area contributed by atoms with Gasteiger partial charge in [-0.05, 0) is 55.5 Å². The van der Waals surface area contributed by atoms with Crippen LogP contribution in [0, 0.1) is 5.92 Å². The van der Waals surface area contributed by atoms with Gasteiger partial charge in [0, 0.05) is 56.3 Å². The van der Waals surface area contributed by atoms with Gasteiger partial charge in [0.15, 0.2) is 0 Å². The number of hydrogen-bond acceptors (Lipinski definition) is 8. The molecule has 15 heteroatoms. The summed E-state index contributed by atoms with van der Waals surface area (Å²) < 4.78 is 73.0. The maximum atomic E-state index is 13.9. The van der Waals surface area contributed by atoms with E-state index in [0.29, 0.717) is 24.3 Å². The third-order valence-corrected chi connectivity index (χ3v) is 10.6. The molecule has 1 saturated heterocycles. The van der Waals surface area contributed by atoms with Crippen molar-refractivity contribution in [3.05, 3.63) is 102 Å². The summed E-state index contributed by atoms with van der Waals surface area (Å²) in [6, 6.07) is 18.2. The topological polar surface area (TPSA) is 131 Å². The third-order valence-electron chi connectivity index (χ3n) is 10.6. The van der Waals surface area contributed by atoms with E-state index in [1.54, 1.807) is 34.7 Å². The van der Waals surface area contributed by atoms with Crippen molar-refractivity contribution in [2.75, 3.05) is 32.7 Å². The van der Waals surface area contributed by atoms with Gasteiger partial charge in [-0.2, -0.15) is 22.0 Å². The van der Waals surface area contributed by atoms with Crippen molar-refractivity contribution in [2.45, 2.75) is 75.0 Å². The van der Waals surface area contributed by atoms with Gasteiger partial charge in [0.1, 0.15) is 17.4 Å². The maximum Gasteiger partial charge on any atom is 0.455 e. The van der Waals surface area contributed by atoms with Gasteiger partial charge < -0.3 is 25.3 Å². The number of aliphatic hydroxyl groups excluding tert-OH is 2. The highest BCUT2D eigenvalue weighted by Crippen LogP contribution is 2.36. The summed E-state index contributed by atoms with van der Waals surface area (Å²) in [5.74, 6) is -6.86. The van der Waals surface area contributed by atoms with E-state index in [2.05, 4.69) is 10.3 Å². The fourth-order valence-electron chi connectivity index (χ4n) is 7.43. The Morgan fingerprint density at radius 3 is 2.46 bits per heavy atom. The number of furan rings is 1. The molecule has 0 spiro atoms. The van der Waals surface area contributed by atoms with E-state index in [4.69, 9.17) is 4.42 Å². The highest BCUT2D eigenvalue weighted by atomic mass is 19.4. The standard InChI is InChI=1S/C39H44F5N5O5/c1-37(2,33-19-27-20-45-13-12-32(27)54-33)49-15-14-48(30(22-49)36(53)46-23-38(40,41)39(42,43)44)21-28(50)17-26(16-24-8-4-3-5-9-24)35(52)47-34-29-11-7-6-10-25(29)18-31(34)51/h3-13,19-20,26,28,30-31,34,50-51H,14-18,21-23H2,1-2H3,(H,46,53)(H,47,52)/t26-,28-,30-,31+,34-/m0/s1. The number of pyridine rings is 1. The summed E-state index contributed by atoms with van der Waals surface area (Å²) in [5.41, 5.74) is 2.30.